The molecule has 4 rings (SSSR count). The van der Waals surface area contributed by atoms with Gasteiger partial charge >= 0.3 is 0 Å². The predicted molar refractivity (Wildman–Crippen MR) is 98.0 cm³/mol. The van der Waals surface area contributed by atoms with Crippen LogP contribution in [0.15, 0.2) is 45.6 Å². The maximum atomic E-state index is 5.77. The third-order valence-electron chi connectivity index (χ3n) is 4.70. The number of thiophene rings is 1. The molecular weight excluding hydrogens is 334 g/mol. The Morgan fingerprint density at radius 1 is 1.32 bits per heavy atom. The smallest absolute Gasteiger partial charge is 0.232 e. The fourth-order valence-electron chi connectivity index (χ4n) is 3.20. The molecule has 1 fully saturated rings. The van der Waals surface area contributed by atoms with Crippen LogP contribution in [0.2, 0.25) is 0 Å². The average Bonchev–Trinajstić information content (AvgIpc) is 3.25. The summed E-state index contributed by atoms with van der Waals surface area (Å²) in [5.41, 5.74) is 2.25. The molecule has 0 amide bonds. The Morgan fingerprint density at radius 3 is 2.92 bits per heavy atom. The molecule has 0 spiro atoms. The molecule has 6 heteroatoms. The number of hydrogen-bond acceptors (Lipinski definition) is 6. The normalized spacial score (nSPS) is 16.6. The van der Waals surface area contributed by atoms with Crippen LogP contribution in [-0.4, -0.2) is 34.7 Å². The van der Waals surface area contributed by atoms with Crippen LogP contribution in [0.25, 0.3) is 11.4 Å². The van der Waals surface area contributed by atoms with Gasteiger partial charge in [-0.1, -0.05) is 23.4 Å². The van der Waals surface area contributed by atoms with E-state index in [1.807, 2.05) is 35.9 Å². The van der Waals surface area contributed by atoms with Gasteiger partial charge in [0.05, 0.1) is 12.5 Å². The van der Waals surface area contributed by atoms with Gasteiger partial charge in [0, 0.05) is 35.6 Å². The topological polar surface area (TPSA) is 51.4 Å². The van der Waals surface area contributed by atoms with Gasteiger partial charge in [0.25, 0.3) is 0 Å². The van der Waals surface area contributed by atoms with Crippen LogP contribution in [0.4, 0.5) is 0 Å². The molecule has 0 saturated carbocycles. The van der Waals surface area contributed by atoms with Gasteiger partial charge in [-0.05, 0) is 31.4 Å². The molecule has 0 N–H and O–H groups in total. The fourth-order valence-corrected chi connectivity index (χ4v) is 3.84. The summed E-state index contributed by atoms with van der Waals surface area (Å²) in [6.45, 7) is 6.76. The second-order valence-corrected chi connectivity index (χ2v) is 7.05. The molecule has 1 aromatic carbocycles. The fraction of sp³-hybridized carbons (Fsp3) is 0.368. The molecule has 5 nitrogen and oxygen atoms in total. The molecule has 0 aliphatic carbocycles. The van der Waals surface area contributed by atoms with Crippen LogP contribution in [0, 0.1) is 0 Å². The average molecular weight is 355 g/mol. The zero-order chi connectivity index (χ0) is 17.2. The minimum Gasteiger partial charge on any atom is -0.494 e. The van der Waals surface area contributed by atoms with Crippen molar-refractivity contribution >= 4 is 11.3 Å². The van der Waals surface area contributed by atoms with E-state index in [0.29, 0.717) is 24.4 Å². The first kappa shape index (κ1) is 16.3. The summed E-state index contributed by atoms with van der Waals surface area (Å²) < 4.78 is 11.2. The van der Waals surface area contributed by atoms with Crippen molar-refractivity contribution in [3.63, 3.8) is 0 Å². The molecule has 1 unspecified atom stereocenters. The summed E-state index contributed by atoms with van der Waals surface area (Å²) in [5.74, 6) is 2.70. The third-order valence-corrected chi connectivity index (χ3v) is 5.38. The molecule has 2 aromatic heterocycles. The lowest BCUT2D eigenvalue weighted by molar-refractivity contribution is 0.0819. The Balaban J connectivity index is 1.42. The number of para-hydroxylation sites is 1. The summed E-state index contributed by atoms with van der Waals surface area (Å²) in [6.07, 6.45) is 0. The Kier molecular flexibility index (Phi) is 4.55. The Bertz CT molecular complexity index is 825. The maximum absolute atomic E-state index is 5.77. The van der Waals surface area contributed by atoms with Crippen LogP contribution in [-0.2, 0) is 0 Å². The second-order valence-electron chi connectivity index (χ2n) is 6.27. The first-order valence-corrected chi connectivity index (χ1v) is 9.52. The number of hydrogen-bond donors (Lipinski definition) is 0. The van der Waals surface area contributed by atoms with Gasteiger partial charge in [-0.15, -0.1) is 0 Å². The predicted octanol–water partition coefficient (Wildman–Crippen LogP) is 4.36. The van der Waals surface area contributed by atoms with E-state index < -0.39 is 0 Å². The highest BCUT2D eigenvalue weighted by atomic mass is 32.1. The molecule has 1 aliphatic heterocycles. The molecule has 0 bridgehead atoms. The first-order chi connectivity index (χ1) is 12.3. The highest BCUT2D eigenvalue weighted by Gasteiger charge is 2.36. The van der Waals surface area contributed by atoms with Crippen molar-refractivity contribution in [3.05, 3.63) is 52.5 Å². The molecule has 3 aromatic rings. The summed E-state index contributed by atoms with van der Waals surface area (Å²) >= 11 is 1.64. The van der Waals surface area contributed by atoms with Crippen molar-refractivity contribution in [1.82, 2.24) is 15.0 Å². The summed E-state index contributed by atoms with van der Waals surface area (Å²) in [6, 6.07) is 10.6. The molecule has 25 heavy (non-hydrogen) atoms. The quantitative estimate of drug-likeness (QED) is 0.658. The van der Waals surface area contributed by atoms with Crippen LogP contribution in [0.3, 0.4) is 0 Å². The Labute approximate surface area is 151 Å². The van der Waals surface area contributed by atoms with Gasteiger partial charge in [-0.25, -0.2) is 0 Å². The number of aromatic nitrogens is 2. The van der Waals surface area contributed by atoms with E-state index in [2.05, 4.69) is 34.1 Å². The van der Waals surface area contributed by atoms with E-state index >= 15 is 0 Å². The van der Waals surface area contributed by atoms with Gasteiger partial charge in [0.15, 0.2) is 0 Å². The zero-order valence-electron chi connectivity index (χ0n) is 14.4. The molecular formula is C19H21N3O2S. The molecule has 1 aliphatic rings. The molecule has 0 radical (unpaired) electrons. The Morgan fingerprint density at radius 2 is 2.16 bits per heavy atom. The van der Waals surface area contributed by atoms with Crippen molar-refractivity contribution in [1.29, 1.82) is 0 Å². The van der Waals surface area contributed by atoms with E-state index in [1.54, 1.807) is 11.3 Å². The summed E-state index contributed by atoms with van der Waals surface area (Å²) in [7, 11) is 0. The molecule has 3 heterocycles. The lowest BCUT2D eigenvalue weighted by Crippen LogP contribution is -2.46. The minimum atomic E-state index is 0.304. The number of benzene rings is 1. The largest absolute Gasteiger partial charge is 0.494 e. The summed E-state index contributed by atoms with van der Waals surface area (Å²) in [4.78, 5) is 6.98. The lowest BCUT2D eigenvalue weighted by atomic mass is 9.94. The van der Waals surface area contributed by atoms with Gasteiger partial charge in [0.2, 0.25) is 11.7 Å². The van der Waals surface area contributed by atoms with Crippen molar-refractivity contribution in [2.75, 3.05) is 19.7 Å². The standard InChI is InChI=1S/C19H21N3O2S/c1-3-23-17-7-5-4-6-16(17)13(2)22-10-15(11-22)19-20-18(21-24-19)14-8-9-25-12-14/h4-9,12-13,15H,3,10-11H2,1-2H3. The van der Waals surface area contributed by atoms with Crippen molar-refractivity contribution in [3.8, 4) is 17.1 Å². The number of nitrogens with zero attached hydrogens (tertiary/aromatic N) is 3. The van der Waals surface area contributed by atoms with E-state index in [4.69, 9.17) is 9.26 Å². The van der Waals surface area contributed by atoms with Crippen molar-refractivity contribution in [2.45, 2.75) is 25.8 Å². The zero-order valence-corrected chi connectivity index (χ0v) is 15.2. The van der Waals surface area contributed by atoms with Crippen LogP contribution in [0.1, 0.15) is 37.3 Å². The van der Waals surface area contributed by atoms with Crippen molar-refractivity contribution < 1.29 is 9.26 Å². The third kappa shape index (κ3) is 3.19. The Hall–Kier alpha value is -2.18. The van der Waals surface area contributed by atoms with Crippen LogP contribution >= 0.6 is 11.3 Å². The maximum Gasteiger partial charge on any atom is 0.232 e. The summed E-state index contributed by atoms with van der Waals surface area (Å²) in [5, 5.41) is 8.17. The minimum absolute atomic E-state index is 0.304. The van der Waals surface area contributed by atoms with Gasteiger partial charge in [-0.2, -0.15) is 16.3 Å². The van der Waals surface area contributed by atoms with E-state index in [1.165, 1.54) is 5.56 Å². The van der Waals surface area contributed by atoms with E-state index in [-0.39, 0.29) is 0 Å². The second kappa shape index (κ2) is 6.98. The number of rotatable bonds is 6. The van der Waals surface area contributed by atoms with Gasteiger partial charge < -0.3 is 9.26 Å². The monoisotopic (exact) mass is 355 g/mol. The molecule has 1 atom stereocenters. The molecule has 1 saturated heterocycles. The van der Waals surface area contributed by atoms with Crippen LogP contribution in [0.5, 0.6) is 5.75 Å². The van der Waals surface area contributed by atoms with Crippen molar-refractivity contribution in [2.24, 2.45) is 0 Å². The van der Waals surface area contributed by atoms with E-state index in [9.17, 15) is 0 Å². The lowest BCUT2D eigenvalue weighted by Gasteiger charge is -2.41. The highest BCUT2D eigenvalue weighted by molar-refractivity contribution is 7.08. The first-order valence-electron chi connectivity index (χ1n) is 8.58. The van der Waals surface area contributed by atoms with Crippen LogP contribution < -0.4 is 4.74 Å². The number of likely N-dealkylation sites (tertiary alicyclic amines) is 1. The van der Waals surface area contributed by atoms with Gasteiger partial charge in [-0.3, -0.25) is 4.90 Å². The highest BCUT2D eigenvalue weighted by Crippen LogP contribution is 2.37. The molecule has 130 valence electrons. The SMILES string of the molecule is CCOc1ccccc1C(C)N1CC(c2nc(-c3ccsc3)no2)C1. The van der Waals surface area contributed by atoms with E-state index in [0.717, 1.165) is 30.3 Å². The number of ether oxygens (including phenoxy) is 1. The van der Waals surface area contributed by atoms with Gasteiger partial charge in [0.1, 0.15) is 5.75 Å².